The van der Waals surface area contributed by atoms with Crippen LogP contribution in [0.1, 0.15) is 33.6 Å². The van der Waals surface area contributed by atoms with Crippen LogP contribution in [-0.2, 0) is 26.4 Å². The number of aromatic carboxylic acids is 1. The first-order valence-electron chi connectivity index (χ1n) is 9.25. The van der Waals surface area contributed by atoms with Crippen molar-refractivity contribution in [2.45, 2.75) is 25.8 Å². The highest BCUT2D eigenvalue weighted by Gasteiger charge is 2.26. The highest BCUT2D eigenvalue weighted by Crippen LogP contribution is 2.38. The molecule has 1 aromatic carbocycles. The van der Waals surface area contributed by atoms with Crippen molar-refractivity contribution in [3.05, 3.63) is 50.9 Å². The Hall–Kier alpha value is -2.77. The van der Waals surface area contributed by atoms with Crippen molar-refractivity contribution in [2.75, 3.05) is 14.1 Å². The van der Waals surface area contributed by atoms with Crippen LogP contribution in [0.25, 0.3) is 22.2 Å². The minimum Gasteiger partial charge on any atom is -0.506 e. The monoisotopic (exact) mass is 417 g/mol. The number of aromatic nitrogens is 2. The average Bonchev–Trinajstić information content (AvgIpc) is 2.79. The summed E-state index contributed by atoms with van der Waals surface area (Å²) >= 11 is 0. The third-order valence-corrected chi connectivity index (χ3v) is 5.49. The van der Waals surface area contributed by atoms with Crippen LogP contribution in [0, 0.1) is 0 Å². The summed E-state index contributed by atoms with van der Waals surface area (Å²) in [5.41, 5.74) is 3.90. The Kier molecular flexibility index (Phi) is 5.47. The van der Waals surface area contributed by atoms with Gasteiger partial charge in [0.15, 0.2) is 5.56 Å². The van der Waals surface area contributed by atoms with Crippen molar-refractivity contribution < 1.29 is 15.0 Å². The van der Waals surface area contributed by atoms with E-state index in [4.69, 9.17) is 0 Å². The first-order valence-corrected chi connectivity index (χ1v) is 9.25. The molecule has 0 aliphatic heterocycles. The molecular weight excluding hydrogens is 394 g/mol. The fraction of sp³-hybridized carbons (Fsp3) is 0.333. The molecule has 7 nitrogen and oxygen atoms in total. The predicted molar refractivity (Wildman–Crippen MR) is 114 cm³/mol. The van der Waals surface area contributed by atoms with Crippen LogP contribution >= 0.6 is 12.4 Å². The fourth-order valence-electron chi connectivity index (χ4n) is 4.16. The Labute approximate surface area is 174 Å². The van der Waals surface area contributed by atoms with Crippen LogP contribution in [0.3, 0.4) is 0 Å². The van der Waals surface area contributed by atoms with E-state index in [9.17, 15) is 19.8 Å². The Morgan fingerprint density at radius 3 is 2.62 bits per heavy atom. The molecule has 0 fully saturated rings. The van der Waals surface area contributed by atoms with Gasteiger partial charge < -0.3 is 24.7 Å². The lowest BCUT2D eigenvalue weighted by atomic mass is 9.98. The predicted octanol–water partition coefficient (Wildman–Crippen LogP) is 2.91. The molecule has 1 aliphatic carbocycles. The van der Waals surface area contributed by atoms with E-state index in [1.54, 1.807) is 0 Å². The number of carboxylic acid groups (broad SMARTS) is 1. The molecule has 0 bridgehead atoms. The minimum atomic E-state index is -1.42. The second kappa shape index (κ2) is 7.57. The van der Waals surface area contributed by atoms with Gasteiger partial charge in [-0.25, -0.2) is 4.79 Å². The van der Waals surface area contributed by atoms with E-state index in [-0.39, 0.29) is 12.4 Å². The Balaban J connectivity index is 0.00000240. The van der Waals surface area contributed by atoms with E-state index < -0.39 is 22.8 Å². The molecule has 0 unspecified atom stereocenters. The fourth-order valence-corrected chi connectivity index (χ4v) is 4.16. The lowest BCUT2D eigenvalue weighted by Crippen LogP contribution is -2.20. The minimum absolute atomic E-state index is 0. The molecule has 0 amide bonds. The van der Waals surface area contributed by atoms with E-state index in [2.05, 4.69) is 26.6 Å². The normalized spacial score (nSPS) is 13.0. The van der Waals surface area contributed by atoms with E-state index in [1.165, 1.54) is 5.69 Å². The molecule has 2 heterocycles. The van der Waals surface area contributed by atoms with Crippen molar-refractivity contribution in [3.8, 4) is 17.0 Å². The summed E-state index contributed by atoms with van der Waals surface area (Å²) in [6, 6.07) is 6.30. The third-order valence-electron chi connectivity index (χ3n) is 5.49. The number of hydrogen-bond acceptors (Lipinski definition) is 4. The zero-order chi connectivity index (χ0) is 20.2. The van der Waals surface area contributed by atoms with E-state index in [0.717, 1.165) is 41.4 Å². The van der Waals surface area contributed by atoms with Gasteiger partial charge in [0.1, 0.15) is 5.75 Å². The number of H-pyrrole nitrogens is 1. The summed E-state index contributed by atoms with van der Waals surface area (Å²) in [6.07, 6.45) is 2.06. The third kappa shape index (κ3) is 3.41. The summed E-state index contributed by atoms with van der Waals surface area (Å²) in [5, 5.41) is 20.8. The van der Waals surface area contributed by atoms with Crippen LogP contribution in [0.5, 0.6) is 5.75 Å². The van der Waals surface area contributed by atoms with Gasteiger partial charge in [0.2, 0.25) is 0 Å². The van der Waals surface area contributed by atoms with Crippen LogP contribution in [-0.4, -0.2) is 44.7 Å². The average molecular weight is 418 g/mol. The molecule has 3 N–H and O–H groups in total. The molecule has 0 saturated heterocycles. The van der Waals surface area contributed by atoms with Gasteiger partial charge in [-0.15, -0.1) is 12.4 Å². The molecule has 0 atom stereocenters. The number of nitrogens with zero attached hydrogens (tertiary/aromatic N) is 2. The second-order valence-electron chi connectivity index (χ2n) is 7.69. The summed E-state index contributed by atoms with van der Waals surface area (Å²) in [5.74, 6) is -1.83. The quantitative estimate of drug-likeness (QED) is 0.608. The number of carboxylic acids is 1. The van der Waals surface area contributed by atoms with Crippen LogP contribution in [0.2, 0.25) is 0 Å². The maximum atomic E-state index is 12.3. The Morgan fingerprint density at radius 1 is 1.24 bits per heavy atom. The number of nitrogens with one attached hydrogen (secondary N) is 1. The van der Waals surface area contributed by atoms with Gasteiger partial charge in [0.25, 0.3) is 5.56 Å². The first kappa shape index (κ1) is 21.0. The Morgan fingerprint density at radius 2 is 1.97 bits per heavy atom. The first-order chi connectivity index (χ1) is 13.3. The standard InChI is InChI=1S/C21H23N3O4.ClH/c1-23(2)10-13-7-12-8-15-11(9-16(12)24(13)3)5-4-6-14-18(15)22-20(26)17(19(14)25)21(27)28;/h7-9H,4-6,10H2,1-3H3,(H,27,28)(H2,22,25,26);1H. The smallest absolute Gasteiger partial charge is 0.345 e. The number of benzene rings is 1. The van der Waals surface area contributed by atoms with Crippen molar-refractivity contribution in [1.29, 1.82) is 0 Å². The van der Waals surface area contributed by atoms with Gasteiger partial charge in [-0.1, -0.05) is 0 Å². The number of hydrogen-bond donors (Lipinski definition) is 3. The number of aromatic amines is 1. The molecule has 0 radical (unpaired) electrons. The molecule has 154 valence electrons. The van der Waals surface area contributed by atoms with Crippen molar-refractivity contribution >= 4 is 29.3 Å². The van der Waals surface area contributed by atoms with Crippen LogP contribution < -0.4 is 5.56 Å². The number of pyridine rings is 1. The Bertz CT molecular complexity index is 1180. The molecule has 2 aromatic heterocycles. The van der Waals surface area contributed by atoms with Crippen molar-refractivity contribution in [3.63, 3.8) is 0 Å². The van der Waals surface area contributed by atoms with Crippen molar-refractivity contribution in [2.24, 2.45) is 7.05 Å². The maximum Gasteiger partial charge on any atom is 0.345 e. The summed E-state index contributed by atoms with van der Waals surface area (Å²) < 4.78 is 2.18. The van der Waals surface area contributed by atoms with Gasteiger partial charge >= 0.3 is 5.97 Å². The zero-order valence-corrected chi connectivity index (χ0v) is 17.4. The molecule has 29 heavy (non-hydrogen) atoms. The summed E-state index contributed by atoms with van der Waals surface area (Å²) in [7, 11) is 6.10. The molecule has 3 aromatic rings. The van der Waals surface area contributed by atoms with Gasteiger partial charge in [-0.3, -0.25) is 4.79 Å². The highest BCUT2D eigenvalue weighted by molar-refractivity contribution is 5.93. The van der Waals surface area contributed by atoms with Crippen molar-refractivity contribution in [1.82, 2.24) is 14.5 Å². The lowest BCUT2D eigenvalue weighted by Gasteiger charge is -2.13. The molecule has 8 heteroatoms. The van der Waals surface area contributed by atoms with E-state index in [0.29, 0.717) is 17.7 Å². The molecule has 1 aliphatic rings. The van der Waals surface area contributed by atoms with Gasteiger partial charge in [-0.05, 0) is 57.1 Å². The van der Waals surface area contributed by atoms with Crippen LogP contribution in [0.4, 0.5) is 0 Å². The van der Waals surface area contributed by atoms with Gasteiger partial charge in [0, 0.05) is 41.3 Å². The number of halogens is 1. The molecule has 0 saturated carbocycles. The number of aryl methyl sites for hydroxylation is 2. The largest absolute Gasteiger partial charge is 0.506 e. The lowest BCUT2D eigenvalue weighted by molar-refractivity contribution is 0.0691. The second-order valence-corrected chi connectivity index (χ2v) is 7.69. The van der Waals surface area contributed by atoms with Gasteiger partial charge in [-0.2, -0.15) is 0 Å². The maximum absolute atomic E-state index is 12.3. The number of aromatic hydroxyl groups is 1. The number of rotatable bonds is 3. The summed E-state index contributed by atoms with van der Waals surface area (Å²) in [6.45, 7) is 0.812. The topological polar surface area (TPSA) is 98.6 Å². The van der Waals surface area contributed by atoms with Gasteiger partial charge in [0.05, 0.1) is 5.69 Å². The summed E-state index contributed by atoms with van der Waals surface area (Å²) in [4.78, 5) is 28.5. The number of carbonyl (C=O) groups is 1. The SMILES string of the molecule is CN(C)Cc1cc2cc3c(cc2n1C)CCCc1c-3[nH]c(=O)c(C(=O)O)c1O.Cl. The highest BCUT2D eigenvalue weighted by atomic mass is 35.5. The van der Waals surface area contributed by atoms with E-state index >= 15 is 0 Å². The van der Waals surface area contributed by atoms with E-state index in [1.807, 2.05) is 27.2 Å². The number of fused-ring (bicyclic) bond motifs is 4. The molecule has 0 spiro atoms. The molecule has 4 rings (SSSR count). The zero-order valence-electron chi connectivity index (χ0n) is 16.6. The van der Waals surface area contributed by atoms with Crippen LogP contribution in [0.15, 0.2) is 23.0 Å². The molecular formula is C21H24ClN3O4.